The molecule has 2 aliphatic heterocycles. The number of ether oxygens (including phenoxy) is 4. The fraction of sp³-hybridized carbons (Fsp3) is 0.475. The number of aliphatic hydroxyl groups excluding tert-OH is 1. The molecule has 2 saturated heterocycles. The molecule has 2 unspecified atom stereocenters. The van der Waals surface area contributed by atoms with Crippen LogP contribution in [-0.2, 0) is 47.2 Å². The number of nitrogens with one attached hydrogen (secondary N) is 6. The number of anilines is 1. The first kappa shape index (κ1) is 63.7. The number of pyridine rings is 1. The minimum atomic E-state index is -0.924. The van der Waals surface area contributed by atoms with Crippen LogP contribution < -0.4 is 31.3 Å². The summed E-state index contributed by atoms with van der Waals surface area (Å²) in [5.41, 5.74) is 6.81. The number of hydrogen-bond donors (Lipinski definition) is 7. The first-order valence-corrected chi connectivity index (χ1v) is 29.3. The Labute approximate surface area is 496 Å². The molecule has 5 heterocycles. The number of benzene rings is 3. The zero-order chi connectivity index (χ0) is 57.7. The lowest BCUT2D eigenvalue weighted by Crippen LogP contribution is -2.57. The van der Waals surface area contributed by atoms with Crippen LogP contribution in [0, 0.1) is 12.3 Å². The summed E-state index contributed by atoms with van der Waals surface area (Å²) in [6.07, 6.45) is 8.17. The van der Waals surface area contributed by atoms with Gasteiger partial charge in [-0.25, -0.2) is 4.98 Å². The van der Waals surface area contributed by atoms with Crippen molar-refractivity contribution in [2.45, 2.75) is 116 Å². The molecule has 446 valence electrons. The minimum absolute atomic E-state index is 0. The molecule has 0 aliphatic carbocycles. The number of aryl methyl sites for hydroxylation is 1. The van der Waals surface area contributed by atoms with Crippen LogP contribution in [0.15, 0.2) is 103 Å². The van der Waals surface area contributed by atoms with E-state index in [1.54, 1.807) is 23.7 Å². The number of carbonyl (C=O) groups is 4. The van der Waals surface area contributed by atoms with Crippen molar-refractivity contribution in [2.24, 2.45) is 5.41 Å². The fourth-order valence-electron chi connectivity index (χ4n) is 10.0. The topological polar surface area (TPSA) is 256 Å². The van der Waals surface area contributed by atoms with Crippen molar-refractivity contribution in [3.63, 3.8) is 0 Å². The van der Waals surface area contributed by atoms with Gasteiger partial charge in [0, 0.05) is 68.3 Å². The van der Waals surface area contributed by atoms with Crippen molar-refractivity contribution in [3.8, 4) is 27.6 Å². The van der Waals surface area contributed by atoms with Crippen LogP contribution in [0.3, 0.4) is 0 Å². The molecular weight excluding hydrogens is 1100 g/mol. The fourth-order valence-corrected chi connectivity index (χ4v) is 10.8. The summed E-state index contributed by atoms with van der Waals surface area (Å²) in [5, 5.41) is 35.6. The summed E-state index contributed by atoms with van der Waals surface area (Å²) >= 11 is 1.58. The van der Waals surface area contributed by atoms with Crippen molar-refractivity contribution >= 4 is 53.1 Å². The van der Waals surface area contributed by atoms with E-state index >= 15 is 0 Å². The van der Waals surface area contributed by atoms with Gasteiger partial charge in [-0.2, -0.15) is 0 Å². The van der Waals surface area contributed by atoms with E-state index in [9.17, 15) is 24.3 Å². The van der Waals surface area contributed by atoms with E-state index in [1.165, 1.54) is 4.90 Å². The number of amides is 4. The van der Waals surface area contributed by atoms with Crippen LogP contribution in [0.25, 0.3) is 21.8 Å². The molecule has 22 heteroatoms. The molecule has 3 atom stereocenters. The van der Waals surface area contributed by atoms with Crippen LogP contribution in [0.4, 0.5) is 5.69 Å². The van der Waals surface area contributed by atoms with E-state index in [0.717, 1.165) is 102 Å². The highest BCUT2D eigenvalue weighted by molar-refractivity contribution is 7.13. The van der Waals surface area contributed by atoms with Gasteiger partial charge in [0.05, 0.1) is 67.4 Å². The number of H-pyrrole nitrogens is 1. The third kappa shape index (κ3) is 18.8. The van der Waals surface area contributed by atoms with E-state index in [1.807, 2.05) is 118 Å². The number of aromatic amines is 1. The molecule has 3 aromatic carbocycles. The Bertz CT molecular complexity index is 2990. The van der Waals surface area contributed by atoms with Gasteiger partial charge in [-0.3, -0.25) is 24.2 Å². The second-order valence-corrected chi connectivity index (χ2v) is 22.8. The number of halogens is 1. The molecular formula is C61H80ClN11O9S. The second kappa shape index (κ2) is 31.7. The van der Waals surface area contributed by atoms with Crippen molar-refractivity contribution in [1.29, 1.82) is 0 Å². The number of β-amino-alcohol motifs (C(OH)–C–C–N with tert-alkyl or cyclic N) is 1. The maximum absolute atomic E-state index is 14.0. The molecule has 6 aromatic rings. The lowest BCUT2D eigenvalue weighted by atomic mass is 9.85. The number of aromatic nitrogens is 5. The lowest BCUT2D eigenvalue weighted by Gasteiger charge is -2.37. The Balaban J connectivity index is 0.00000990. The SMILES string of the molecule is Cc1ncsc1-c1ccc(CNC(=O)C2CC(O)CN2C(=O)[C@@H](NC(=O)CCOCCOCCOCCCCCCOc2cccc(CNC(=O)c3cccc(NC4(c5nnc(-c6ccncc6)[nH]5)CCNCC4)c3)c2)C(C)(C)C)cc1.Cl. The predicted octanol–water partition coefficient (Wildman–Crippen LogP) is 7.53. The molecule has 0 radical (unpaired) electrons. The predicted molar refractivity (Wildman–Crippen MR) is 321 cm³/mol. The van der Waals surface area contributed by atoms with Gasteiger partial charge >= 0.3 is 0 Å². The Morgan fingerprint density at radius 1 is 0.795 bits per heavy atom. The highest BCUT2D eigenvalue weighted by atomic mass is 35.5. The maximum Gasteiger partial charge on any atom is 0.251 e. The lowest BCUT2D eigenvalue weighted by molar-refractivity contribution is -0.144. The van der Waals surface area contributed by atoms with Crippen molar-refractivity contribution < 1.29 is 43.2 Å². The Morgan fingerprint density at radius 2 is 1.49 bits per heavy atom. The number of likely N-dealkylation sites (tertiary alicyclic amines) is 1. The maximum atomic E-state index is 14.0. The zero-order valence-corrected chi connectivity index (χ0v) is 49.6. The number of rotatable bonds is 30. The molecule has 83 heavy (non-hydrogen) atoms. The normalized spacial score (nSPS) is 16.1. The highest BCUT2D eigenvalue weighted by Crippen LogP contribution is 2.34. The van der Waals surface area contributed by atoms with Crippen molar-refractivity contribution in [1.82, 2.24) is 51.3 Å². The summed E-state index contributed by atoms with van der Waals surface area (Å²) in [6, 6.07) is 25.2. The van der Waals surface area contributed by atoms with Gasteiger partial charge < -0.3 is 60.5 Å². The molecule has 2 fully saturated rings. The third-order valence-electron chi connectivity index (χ3n) is 14.6. The van der Waals surface area contributed by atoms with E-state index in [-0.39, 0.29) is 62.7 Å². The number of thiazole rings is 1. The molecule has 8 rings (SSSR count). The quantitative estimate of drug-likeness (QED) is 0.0215. The molecule has 0 spiro atoms. The molecule has 20 nitrogen and oxygen atoms in total. The van der Waals surface area contributed by atoms with Crippen LogP contribution in [0.5, 0.6) is 5.75 Å². The van der Waals surface area contributed by atoms with Gasteiger partial charge in [0.1, 0.15) is 17.8 Å². The third-order valence-corrected chi connectivity index (χ3v) is 15.6. The highest BCUT2D eigenvalue weighted by Gasteiger charge is 2.44. The summed E-state index contributed by atoms with van der Waals surface area (Å²) in [6.45, 7) is 12.7. The molecule has 2 aliphatic rings. The first-order chi connectivity index (χ1) is 39.7. The molecule has 0 bridgehead atoms. The van der Waals surface area contributed by atoms with Crippen LogP contribution in [0.2, 0.25) is 0 Å². The largest absolute Gasteiger partial charge is 0.494 e. The Morgan fingerprint density at radius 3 is 2.22 bits per heavy atom. The summed E-state index contributed by atoms with van der Waals surface area (Å²) in [5.74, 6) is 0.902. The second-order valence-electron chi connectivity index (χ2n) is 21.9. The number of piperidine rings is 1. The molecule has 0 saturated carbocycles. The standard InChI is InChI=1S/C61H79N11O9S.ClH/c1-42-53(82-41-66-42)45-17-15-43(16-18-45)38-65-57(76)51-37-49(73)40-72(51)58(77)54(60(2,3)4)67-52(74)21-30-79-32-34-80-33-31-78-28-7-5-6-8-29-81-50-14-9-11-44(35-50)39-64-56(75)47-12-10-13-48(36-47)69-61(22-26-63-27-23-61)59-68-55(70-71-59)46-19-24-62-25-20-46;/h9-20,24-25,35-36,41,49,51,54,63,69,73H,5-8,21-23,26-34,37-40H2,1-4H3,(H,64,75)(H,65,76)(H,67,74)(H,68,70,71);1H/t49?,51?,54-;/m1./s1. The number of nitrogens with zero attached hydrogens (tertiary/aromatic N) is 5. The smallest absolute Gasteiger partial charge is 0.251 e. The Hall–Kier alpha value is -6.85. The summed E-state index contributed by atoms with van der Waals surface area (Å²) in [4.78, 5) is 68.3. The monoisotopic (exact) mass is 1180 g/mol. The first-order valence-electron chi connectivity index (χ1n) is 28.5. The van der Waals surface area contributed by atoms with Gasteiger partial charge in [-0.15, -0.1) is 33.9 Å². The molecule has 3 aromatic heterocycles. The average molecular weight is 1180 g/mol. The van der Waals surface area contributed by atoms with E-state index < -0.39 is 35.0 Å². The van der Waals surface area contributed by atoms with E-state index in [0.29, 0.717) is 57.6 Å². The van der Waals surface area contributed by atoms with Crippen molar-refractivity contribution in [2.75, 3.05) is 71.2 Å². The van der Waals surface area contributed by atoms with Gasteiger partial charge in [-0.1, -0.05) is 69.7 Å². The van der Waals surface area contributed by atoms with Gasteiger partial charge in [0.2, 0.25) is 17.7 Å². The van der Waals surface area contributed by atoms with E-state index in [2.05, 4.69) is 51.7 Å². The number of hydrogen-bond acceptors (Lipinski definition) is 16. The van der Waals surface area contributed by atoms with Crippen molar-refractivity contribution in [3.05, 3.63) is 131 Å². The minimum Gasteiger partial charge on any atom is -0.494 e. The zero-order valence-electron chi connectivity index (χ0n) is 48.0. The molecule has 7 N–H and O–H groups in total. The van der Waals surface area contributed by atoms with E-state index in [4.69, 9.17) is 18.9 Å². The van der Waals surface area contributed by atoms with Gasteiger partial charge in [-0.05, 0) is 117 Å². The Kier molecular flexibility index (Phi) is 24.3. The average Bonchev–Trinajstić information content (AvgIpc) is 4.50. The van der Waals surface area contributed by atoms with Crippen LogP contribution in [0.1, 0.15) is 105 Å². The molecule has 4 amide bonds. The summed E-state index contributed by atoms with van der Waals surface area (Å²) < 4.78 is 23.1. The number of aliphatic hydroxyl groups is 1. The number of unbranched alkanes of at least 4 members (excludes halogenated alkanes) is 3. The van der Waals surface area contributed by atoms with Crippen LogP contribution >= 0.6 is 23.7 Å². The van der Waals surface area contributed by atoms with Gasteiger partial charge in [0.15, 0.2) is 11.6 Å². The van der Waals surface area contributed by atoms with Crippen LogP contribution in [-0.4, -0.2) is 143 Å². The summed E-state index contributed by atoms with van der Waals surface area (Å²) in [7, 11) is 0. The number of carbonyl (C=O) groups excluding carboxylic acids is 4. The van der Waals surface area contributed by atoms with Gasteiger partial charge in [0.25, 0.3) is 5.91 Å².